The van der Waals surface area contributed by atoms with Crippen molar-refractivity contribution in [1.82, 2.24) is 0 Å². The third-order valence-corrected chi connectivity index (χ3v) is 3.02. The number of aromatic hydroxyl groups is 1. The van der Waals surface area contributed by atoms with E-state index in [1.807, 2.05) is 6.07 Å². The number of rotatable bonds is 5. The van der Waals surface area contributed by atoms with E-state index in [0.717, 1.165) is 5.56 Å². The molecule has 0 bridgehead atoms. The first kappa shape index (κ1) is 13.9. The highest BCUT2D eigenvalue weighted by Gasteiger charge is 2.35. The molecule has 2 aromatic rings. The van der Waals surface area contributed by atoms with Crippen molar-refractivity contribution in [2.24, 2.45) is 0 Å². The second-order valence-corrected chi connectivity index (χ2v) is 4.79. The summed E-state index contributed by atoms with van der Waals surface area (Å²) in [4.78, 5) is 11.5. The number of carbonyl (C=O) groups is 1. The zero-order chi connectivity index (χ0) is 14.6. The highest BCUT2D eigenvalue weighted by atomic mass is 16.5. The second kappa shape index (κ2) is 5.65. The molecule has 20 heavy (non-hydrogen) atoms. The molecule has 0 fully saturated rings. The summed E-state index contributed by atoms with van der Waals surface area (Å²) >= 11 is 0. The van der Waals surface area contributed by atoms with Gasteiger partial charge in [0.05, 0.1) is 0 Å². The summed E-state index contributed by atoms with van der Waals surface area (Å²) in [6.07, 6.45) is 0.206. The van der Waals surface area contributed by atoms with Crippen molar-refractivity contribution in [2.45, 2.75) is 18.9 Å². The first-order valence-electron chi connectivity index (χ1n) is 6.25. The van der Waals surface area contributed by atoms with E-state index in [2.05, 4.69) is 0 Å². The van der Waals surface area contributed by atoms with Crippen LogP contribution in [-0.4, -0.2) is 21.8 Å². The molecule has 2 rings (SSSR count). The fraction of sp³-hybridized carbons (Fsp3) is 0.188. The number of phenols is 1. The maximum absolute atomic E-state index is 11.5. The van der Waals surface area contributed by atoms with E-state index in [1.54, 1.807) is 36.4 Å². The molecule has 0 saturated carbocycles. The van der Waals surface area contributed by atoms with Crippen LogP contribution in [0.2, 0.25) is 0 Å². The molecule has 0 radical (unpaired) electrons. The Hall–Kier alpha value is -2.49. The Morgan fingerprint density at radius 2 is 1.70 bits per heavy atom. The summed E-state index contributed by atoms with van der Waals surface area (Å²) in [7, 11) is 0. The van der Waals surface area contributed by atoms with Crippen LogP contribution >= 0.6 is 0 Å². The van der Waals surface area contributed by atoms with Gasteiger partial charge in [-0.3, -0.25) is 0 Å². The van der Waals surface area contributed by atoms with Crippen molar-refractivity contribution in [1.29, 1.82) is 0 Å². The molecule has 0 spiro atoms. The fourth-order valence-electron chi connectivity index (χ4n) is 1.91. The Kier molecular flexibility index (Phi) is 3.94. The predicted octanol–water partition coefficient (Wildman–Crippen LogP) is 2.86. The lowest BCUT2D eigenvalue weighted by atomic mass is 9.96. The van der Waals surface area contributed by atoms with Gasteiger partial charge in [0.1, 0.15) is 11.5 Å². The van der Waals surface area contributed by atoms with Crippen LogP contribution in [-0.2, 0) is 11.2 Å². The Morgan fingerprint density at radius 3 is 2.25 bits per heavy atom. The molecule has 4 heteroatoms. The van der Waals surface area contributed by atoms with Crippen molar-refractivity contribution in [3.8, 4) is 11.5 Å². The average Bonchev–Trinajstić information content (AvgIpc) is 2.42. The smallest absolute Gasteiger partial charge is 0.348 e. The lowest BCUT2D eigenvalue weighted by Crippen LogP contribution is -2.43. The first-order valence-corrected chi connectivity index (χ1v) is 6.25. The molecule has 2 aromatic carbocycles. The van der Waals surface area contributed by atoms with Crippen molar-refractivity contribution >= 4 is 5.97 Å². The largest absolute Gasteiger partial charge is 0.508 e. The number of para-hydroxylation sites is 1. The monoisotopic (exact) mass is 272 g/mol. The summed E-state index contributed by atoms with van der Waals surface area (Å²) in [5, 5.41) is 18.7. The van der Waals surface area contributed by atoms with E-state index < -0.39 is 11.6 Å². The summed E-state index contributed by atoms with van der Waals surface area (Å²) in [5.41, 5.74) is -0.582. The summed E-state index contributed by atoms with van der Waals surface area (Å²) in [5.74, 6) is -0.375. The fourth-order valence-corrected chi connectivity index (χ4v) is 1.91. The minimum atomic E-state index is -1.36. The van der Waals surface area contributed by atoms with Gasteiger partial charge < -0.3 is 14.9 Å². The standard InChI is InChI=1S/C16H16O4/c1-16(15(18)19,20-14-5-3-2-4-6-14)11-12-7-9-13(17)10-8-12/h2-10,17H,11H2,1H3,(H,18,19). The molecule has 0 saturated heterocycles. The summed E-state index contributed by atoms with van der Waals surface area (Å²) < 4.78 is 5.64. The van der Waals surface area contributed by atoms with Gasteiger partial charge in [-0.1, -0.05) is 30.3 Å². The SMILES string of the molecule is CC(Cc1ccc(O)cc1)(Oc1ccccc1)C(=O)O. The third kappa shape index (κ3) is 3.29. The van der Waals surface area contributed by atoms with Gasteiger partial charge in [0.15, 0.2) is 0 Å². The summed E-state index contributed by atoms with van der Waals surface area (Å²) in [6, 6.07) is 15.3. The number of aliphatic carboxylic acids is 1. The number of phenolic OH excluding ortho intramolecular Hbond substituents is 1. The number of carboxylic acid groups (broad SMARTS) is 1. The van der Waals surface area contributed by atoms with Crippen molar-refractivity contribution in [2.75, 3.05) is 0 Å². The molecular weight excluding hydrogens is 256 g/mol. The van der Waals surface area contributed by atoms with Crippen LogP contribution in [0.4, 0.5) is 0 Å². The zero-order valence-electron chi connectivity index (χ0n) is 11.1. The Bertz CT molecular complexity index is 577. The molecule has 104 valence electrons. The lowest BCUT2D eigenvalue weighted by Gasteiger charge is -2.26. The topological polar surface area (TPSA) is 66.8 Å². The average molecular weight is 272 g/mol. The Morgan fingerprint density at radius 1 is 1.10 bits per heavy atom. The van der Waals surface area contributed by atoms with Gasteiger partial charge in [0.2, 0.25) is 5.60 Å². The van der Waals surface area contributed by atoms with E-state index in [4.69, 9.17) is 4.74 Å². The van der Waals surface area contributed by atoms with Crippen molar-refractivity contribution < 1.29 is 19.7 Å². The quantitative estimate of drug-likeness (QED) is 0.878. The first-order chi connectivity index (χ1) is 9.49. The molecule has 4 nitrogen and oxygen atoms in total. The molecule has 0 aliphatic carbocycles. The van der Waals surface area contributed by atoms with E-state index in [1.165, 1.54) is 19.1 Å². The van der Waals surface area contributed by atoms with Crippen LogP contribution in [0.1, 0.15) is 12.5 Å². The number of carboxylic acids is 1. The van der Waals surface area contributed by atoms with E-state index in [0.29, 0.717) is 5.75 Å². The van der Waals surface area contributed by atoms with Gasteiger partial charge in [-0.05, 0) is 36.8 Å². The number of benzene rings is 2. The minimum absolute atomic E-state index is 0.148. The van der Waals surface area contributed by atoms with E-state index in [9.17, 15) is 15.0 Å². The van der Waals surface area contributed by atoms with Crippen LogP contribution in [0.5, 0.6) is 11.5 Å². The predicted molar refractivity (Wildman–Crippen MR) is 74.9 cm³/mol. The Labute approximate surface area is 117 Å². The van der Waals surface area contributed by atoms with Crippen molar-refractivity contribution in [3.63, 3.8) is 0 Å². The molecule has 1 atom stereocenters. The lowest BCUT2D eigenvalue weighted by molar-refractivity contribution is -0.153. The van der Waals surface area contributed by atoms with Gasteiger partial charge in [-0.15, -0.1) is 0 Å². The Balaban J connectivity index is 2.21. The van der Waals surface area contributed by atoms with Crippen LogP contribution in [0.3, 0.4) is 0 Å². The maximum atomic E-state index is 11.5. The van der Waals surface area contributed by atoms with Crippen LogP contribution in [0, 0.1) is 0 Å². The molecule has 0 amide bonds. The van der Waals surface area contributed by atoms with E-state index in [-0.39, 0.29) is 12.2 Å². The van der Waals surface area contributed by atoms with E-state index >= 15 is 0 Å². The van der Waals surface area contributed by atoms with Gasteiger partial charge in [-0.2, -0.15) is 0 Å². The van der Waals surface area contributed by atoms with Gasteiger partial charge in [-0.25, -0.2) is 4.79 Å². The van der Waals surface area contributed by atoms with Gasteiger partial charge in [0.25, 0.3) is 0 Å². The number of hydrogen-bond donors (Lipinski definition) is 2. The molecule has 0 heterocycles. The highest BCUT2D eigenvalue weighted by molar-refractivity contribution is 5.78. The third-order valence-electron chi connectivity index (χ3n) is 3.02. The second-order valence-electron chi connectivity index (χ2n) is 4.79. The molecule has 0 aliphatic heterocycles. The van der Waals surface area contributed by atoms with Crippen LogP contribution in [0.25, 0.3) is 0 Å². The normalized spacial score (nSPS) is 13.4. The molecule has 2 N–H and O–H groups in total. The van der Waals surface area contributed by atoms with Crippen molar-refractivity contribution in [3.05, 3.63) is 60.2 Å². The molecular formula is C16H16O4. The molecule has 1 unspecified atom stereocenters. The molecule has 0 aliphatic rings. The maximum Gasteiger partial charge on any atom is 0.348 e. The number of ether oxygens (including phenoxy) is 1. The van der Waals surface area contributed by atoms with Crippen LogP contribution < -0.4 is 4.74 Å². The number of hydrogen-bond acceptors (Lipinski definition) is 3. The zero-order valence-corrected chi connectivity index (χ0v) is 11.1. The van der Waals surface area contributed by atoms with Gasteiger partial charge in [0, 0.05) is 6.42 Å². The van der Waals surface area contributed by atoms with Crippen LogP contribution in [0.15, 0.2) is 54.6 Å². The summed E-state index contributed by atoms with van der Waals surface area (Å²) in [6.45, 7) is 1.54. The minimum Gasteiger partial charge on any atom is -0.508 e. The highest BCUT2D eigenvalue weighted by Crippen LogP contribution is 2.23. The van der Waals surface area contributed by atoms with Gasteiger partial charge >= 0.3 is 5.97 Å². The molecule has 0 aromatic heterocycles.